The molecule has 1 aromatic heterocycles. The van der Waals surface area contributed by atoms with Gasteiger partial charge in [0.25, 0.3) is 0 Å². The van der Waals surface area contributed by atoms with Gasteiger partial charge in [-0.3, -0.25) is 9.89 Å². The van der Waals surface area contributed by atoms with E-state index in [4.69, 9.17) is 9.47 Å². The van der Waals surface area contributed by atoms with Crippen molar-refractivity contribution in [1.29, 1.82) is 0 Å². The Morgan fingerprint density at radius 1 is 1.27 bits per heavy atom. The SMILES string of the molecule is CCc1cnc(CCNC(=NC)NC2CCN(Cc3cc(OC)cc(OC)c3)C2)s1. The number of aromatic nitrogens is 1. The number of benzene rings is 1. The highest BCUT2D eigenvalue weighted by molar-refractivity contribution is 7.11. The van der Waals surface area contributed by atoms with E-state index in [1.54, 1.807) is 25.6 Å². The Bertz CT molecular complexity index is 816. The first-order chi connectivity index (χ1) is 14.6. The molecule has 2 heterocycles. The van der Waals surface area contributed by atoms with Crippen molar-refractivity contribution in [3.8, 4) is 11.5 Å². The van der Waals surface area contributed by atoms with Crippen molar-refractivity contribution in [1.82, 2.24) is 20.5 Å². The molecule has 1 aliphatic rings. The van der Waals surface area contributed by atoms with Gasteiger partial charge in [-0.1, -0.05) is 6.92 Å². The third-order valence-electron chi connectivity index (χ3n) is 5.24. The lowest BCUT2D eigenvalue weighted by molar-refractivity contribution is 0.321. The summed E-state index contributed by atoms with van der Waals surface area (Å²) in [6, 6.07) is 6.44. The number of guanidine groups is 1. The molecule has 0 saturated carbocycles. The first-order valence-corrected chi connectivity index (χ1v) is 11.3. The minimum absolute atomic E-state index is 0.385. The van der Waals surface area contributed by atoms with E-state index < -0.39 is 0 Å². The van der Waals surface area contributed by atoms with Crippen LogP contribution in [0.15, 0.2) is 29.4 Å². The van der Waals surface area contributed by atoms with E-state index in [9.17, 15) is 0 Å². The lowest BCUT2D eigenvalue weighted by atomic mass is 10.2. The Balaban J connectivity index is 1.45. The van der Waals surface area contributed by atoms with E-state index in [-0.39, 0.29) is 0 Å². The monoisotopic (exact) mass is 431 g/mol. The maximum atomic E-state index is 5.39. The van der Waals surface area contributed by atoms with Crippen molar-refractivity contribution in [2.24, 2.45) is 4.99 Å². The smallest absolute Gasteiger partial charge is 0.191 e. The lowest BCUT2D eigenvalue weighted by Gasteiger charge is -2.19. The van der Waals surface area contributed by atoms with Crippen LogP contribution in [-0.4, -0.2) is 62.8 Å². The van der Waals surface area contributed by atoms with E-state index in [0.717, 1.165) is 62.9 Å². The quantitative estimate of drug-likeness (QED) is 0.470. The summed E-state index contributed by atoms with van der Waals surface area (Å²) in [5, 5.41) is 8.16. The van der Waals surface area contributed by atoms with Gasteiger partial charge in [0.1, 0.15) is 11.5 Å². The topological polar surface area (TPSA) is 71.0 Å². The summed E-state index contributed by atoms with van der Waals surface area (Å²) in [4.78, 5) is 12.7. The van der Waals surface area contributed by atoms with Gasteiger partial charge < -0.3 is 20.1 Å². The molecule has 1 saturated heterocycles. The summed E-state index contributed by atoms with van der Waals surface area (Å²) in [6.45, 7) is 5.90. The van der Waals surface area contributed by atoms with Crippen molar-refractivity contribution in [2.45, 2.75) is 38.8 Å². The van der Waals surface area contributed by atoms with E-state index in [2.05, 4.69) is 44.6 Å². The Hall–Kier alpha value is -2.32. The van der Waals surface area contributed by atoms with Crippen LogP contribution in [0.4, 0.5) is 0 Å². The highest BCUT2D eigenvalue weighted by atomic mass is 32.1. The zero-order valence-corrected chi connectivity index (χ0v) is 19.2. The summed E-state index contributed by atoms with van der Waals surface area (Å²) in [5.74, 6) is 2.51. The molecule has 30 heavy (non-hydrogen) atoms. The standard InChI is InChI=1S/C22H33N5O2S/c1-5-20-13-25-21(30-20)6-8-24-22(23-2)26-17-7-9-27(15-17)14-16-10-18(28-3)12-19(11-16)29-4/h10-13,17H,5-9,14-15H2,1-4H3,(H2,23,24,26). The van der Waals surface area contributed by atoms with Crippen LogP contribution in [0.25, 0.3) is 0 Å². The second-order valence-electron chi connectivity index (χ2n) is 7.41. The molecule has 0 bridgehead atoms. The number of nitrogens with one attached hydrogen (secondary N) is 2. The maximum absolute atomic E-state index is 5.39. The Kier molecular flexibility index (Phi) is 8.33. The number of nitrogens with zero attached hydrogens (tertiary/aromatic N) is 3. The minimum atomic E-state index is 0.385. The van der Waals surface area contributed by atoms with Gasteiger partial charge in [0.05, 0.1) is 19.2 Å². The van der Waals surface area contributed by atoms with Gasteiger partial charge in [-0.25, -0.2) is 4.98 Å². The van der Waals surface area contributed by atoms with Gasteiger partial charge in [-0.05, 0) is 30.5 Å². The number of hydrogen-bond acceptors (Lipinski definition) is 6. The van der Waals surface area contributed by atoms with Gasteiger partial charge >= 0.3 is 0 Å². The average molecular weight is 432 g/mol. The van der Waals surface area contributed by atoms with Crippen LogP contribution < -0.4 is 20.1 Å². The van der Waals surface area contributed by atoms with Gasteiger partial charge in [-0.2, -0.15) is 0 Å². The predicted octanol–water partition coefficient (Wildman–Crippen LogP) is 2.70. The molecule has 0 radical (unpaired) electrons. The van der Waals surface area contributed by atoms with Crippen LogP contribution in [0.2, 0.25) is 0 Å². The first kappa shape index (κ1) is 22.4. The normalized spacial score (nSPS) is 17.2. The molecular formula is C22H33N5O2S. The molecule has 2 aromatic rings. The van der Waals surface area contributed by atoms with Crippen LogP contribution in [0.1, 0.15) is 28.8 Å². The number of ether oxygens (including phenoxy) is 2. The fraction of sp³-hybridized carbons (Fsp3) is 0.545. The highest BCUT2D eigenvalue weighted by Crippen LogP contribution is 2.24. The van der Waals surface area contributed by atoms with Crippen molar-refractivity contribution in [3.05, 3.63) is 39.8 Å². The summed E-state index contributed by atoms with van der Waals surface area (Å²) in [5.41, 5.74) is 1.20. The van der Waals surface area contributed by atoms with Crippen LogP contribution in [0.3, 0.4) is 0 Å². The number of thiazole rings is 1. The Morgan fingerprint density at radius 3 is 2.67 bits per heavy atom. The second-order valence-corrected chi connectivity index (χ2v) is 8.61. The van der Waals surface area contributed by atoms with Crippen LogP contribution >= 0.6 is 11.3 Å². The second kappa shape index (κ2) is 11.2. The number of hydrogen-bond donors (Lipinski definition) is 2. The van der Waals surface area contributed by atoms with E-state index in [0.29, 0.717) is 6.04 Å². The zero-order chi connectivity index (χ0) is 21.3. The summed E-state index contributed by atoms with van der Waals surface area (Å²) in [6.07, 6.45) is 5.04. The van der Waals surface area contributed by atoms with Crippen molar-refractivity contribution in [3.63, 3.8) is 0 Å². The zero-order valence-electron chi connectivity index (χ0n) is 18.4. The minimum Gasteiger partial charge on any atom is -0.497 e. The molecule has 1 aliphatic heterocycles. The maximum Gasteiger partial charge on any atom is 0.191 e. The van der Waals surface area contributed by atoms with Crippen molar-refractivity contribution in [2.75, 3.05) is 40.9 Å². The summed E-state index contributed by atoms with van der Waals surface area (Å²) < 4.78 is 10.8. The number of likely N-dealkylation sites (tertiary alicyclic amines) is 1. The van der Waals surface area contributed by atoms with E-state index in [1.807, 2.05) is 19.3 Å². The third-order valence-corrected chi connectivity index (χ3v) is 6.44. The molecule has 3 rings (SSSR count). The van der Waals surface area contributed by atoms with Crippen molar-refractivity contribution < 1.29 is 9.47 Å². The molecule has 0 spiro atoms. The summed E-state index contributed by atoms with van der Waals surface area (Å²) >= 11 is 1.80. The summed E-state index contributed by atoms with van der Waals surface area (Å²) in [7, 11) is 5.19. The number of aliphatic imine (C=N–C) groups is 1. The Labute approximate surface area is 183 Å². The molecule has 8 heteroatoms. The van der Waals surface area contributed by atoms with Gasteiger partial charge in [-0.15, -0.1) is 11.3 Å². The molecule has 2 N–H and O–H groups in total. The largest absolute Gasteiger partial charge is 0.497 e. The molecular weight excluding hydrogens is 398 g/mol. The van der Waals surface area contributed by atoms with Crippen LogP contribution in [0.5, 0.6) is 11.5 Å². The predicted molar refractivity (Wildman–Crippen MR) is 123 cm³/mol. The molecule has 164 valence electrons. The molecule has 0 aliphatic carbocycles. The Morgan fingerprint density at radius 2 is 2.03 bits per heavy atom. The fourth-order valence-electron chi connectivity index (χ4n) is 3.61. The average Bonchev–Trinajstić information content (AvgIpc) is 3.41. The van der Waals surface area contributed by atoms with Gasteiger partial charge in [0, 0.05) is 62.8 Å². The molecule has 1 unspecified atom stereocenters. The number of aryl methyl sites for hydroxylation is 1. The fourth-order valence-corrected chi connectivity index (χ4v) is 4.47. The molecule has 1 fully saturated rings. The lowest BCUT2D eigenvalue weighted by Crippen LogP contribution is -2.45. The number of rotatable bonds is 9. The van der Waals surface area contributed by atoms with Crippen LogP contribution in [0, 0.1) is 0 Å². The molecule has 7 nitrogen and oxygen atoms in total. The molecule has 1 aromatic carbocycles. The molecule has 1 atom stereocenters. The van der Waals surface area contributed by atoms with Gasteiger partial charge in [0.15, 0.2) is 5.96 Å². The number of methoxy groups -OCH3 is 2. The highest BCUT2D eigenvalue weighted by Gasteiger charge is 2.23. The van der Waals surface area contributed by atoms with Crippen molar-refractivity contribution >= 4 is 17.3 Å². The van der Waals surface area contributed by atoms with E-state index >= 15 is 0 Å². The third kappa shape index (κ3) is 6.34. The first-order valence-electron chi connectivity index (χ1n) is 10.5. The molecule has 0 amide bonds. The van der Waals surface area contributed by atoms with Crippen LogP contribution in [-0.2, 0) is 19.4 Å². The van der Waals surface area contributed by atoms with E-state index in [1.165, 1.54) is 15.4 Å². The van der Waals surface area contributed by atoms with Gasteiger partial charge in [0.2, 0.25) is 0 Å².